The molecular formula is C17H29N5. The Balaban J connectivity index is 1.61. The Morgan fingerprint density at radius 3 is 2.59 bits per heavy atom. The van der Waals surface area contributed by atoms with Gasteiger partial charge in [-0.25, -0.2) is 4.98 Å². The fourth-order valence-electron chi connectivity index (χ4n) is 3.45. The molecule has 122 valence electrons. The topological polar surface area (TPSA) is 44.3 Å². The first-order chi connectivity index (χ1) is 10.7. The molecule has 2 fully saturated rings. The van der Waals surface area contributed by atoms with Gasteiger partial charge in [-0.05, 0) is 39.2 Å². The molecule has 3 rings (SSSR count). The molecule has 1 atom stereocenters. The van der Waals surface area contributed by atoms with Crippen molar-refractivity contribution in [2.24, 2.45) is 0 Å². The lowest BCUT2D eigenvalue weighted by Crippen LogP contribution is -2.31. The van der Waals surface area contributed by atoms with Crippen LogP contribution in [0.15, 0.2) is 12.3 Å². The molecular weight excluding hydrogens is 274 g/mol. The first-order valence-electron chi connectivity index (χ1n) is 8.81. The van der Waals surface area contributed by atoms with Crippen molar-refractivity contribution in [1.29, 1.82) is 0 Å². The van der Waals surface area contributed by atoms with E-state index in [0.29, 0.717) is 12.1 Å². The fourth-order valence-corrected chi connectivity index (χ4v) is 3.45. The number of nitrogens with zero attached hydrogens (tertiary/aromatic N) is 4. The van der Waals surface area contributed by atoms with Crippen molar-refractivity contribution in [2.75, 3.05) is 36.4 Å². The van der Waals surface area contributed by atoms with E-state index in [1.54, 1.807) is 0 Å². The number of hydrogen-bond donors (Lipinski definition) is 1. The fraction of sp³-hybridized carbons (Fsp3) is 0.765. The highest BCUT2D eigenvalue weighted by Crippen LogP contribution is 2.20. The minimum absolute atomic E-state index is 0.474. The Morgan fingerprint density at radius 1 is 1.14 bits per heavy atom. The minimum atomic E-state index is 0.474. The number of rotatable bonds is 4. The van der Waals surface area contributed by atoms with E-state index in [-0.39, 0.29) is 0 Å². The molecule has 1 aromatic rings. The molecule has 0 aliphatic carbocycles. The quantitative estimate of drug-likeness (QED) is 0.926. The molecule has 22 heavy (non-hydrogen) atoms. The van der Waals surface area contributed by atoms with E-state index in [9.17, 15) is 0 Å². The van der Waals surface area contributed by atoms with Gasteiger partial charge < -0.3 is 10.2 Å². The molecule has 2 aliphatic rings. The zero-order valence-electron chi connectivity index (χ0n) is 14.0. The summed E-state index contributed by atoms with van der Waals surface area (Å²) in [5.74, 6) is 1.87. The number of nitrogens with one attached hydrogen (secondary N) is 1. The molecule has 2 aliphatic heterocycles. The number of anilines is 2. The van der Waals surface area contributed by atoms with Crippen molar-refractivity contribution in [1.82, 2.24) is 14.9 Å². The van der Waals surface area contributed by atoms with E-state index in [0.717, 1.165) is 31.4 Å². The largest absolute Gasteiger partial charge is 0.356 e. The Morgan fingerprint density at radius 2 is 1.91 bits per heavy atom. The summed E-state index contributed by atoms with van der Waals surface area (Å²) in [7, 11) is 0. The van der Waals surface area contributed by atoms with Crippen LogP contribution in [-0.2, 0) is 0 Å². The molecule has 2 saturated heterocycles. The first kappa shape index (κ1) is 15.5. The van der Waals surface area contributed by atoms with Gasteiger partial charge in [0, 0.05) is 44.5 Å². The monoisotopic (exact) mass is 303 g/mol. The van der Waals surface area contributed by atoms with Gasteiger partial charge in [-0.1, -0.05) is 12.8 Å². The summed E-state index contributed by atoms with van der Waals surface area (Å²) in [5, 5.41) is 3.53. The zero-order valence-corrected chi connectivity index (χ0v) is 14.0. The van der Waals surface area contributed by atoms with Crippen molar-refractivity contribution in [2.45, 2.75) is 58.0 Å². The van der Waals surface area contributed by atoms with Crippen LogP contribution in [0.1, 0.15) is 46.0 Å². The highest BCUT2D eigenvalue weighted by molar-refractivity contribution is 5.43. The van der Waals surface area contributed by atoms with Gasteiger partial charge in [0.1, 0.15) is 5.82 Å². The number of hydrogen-bond acceptors (Lipinski definition) is 5. The summed E-state index contributed by atoms with van der Waals surface area (Å²) in [6.07, 6.45) is 8.32. The number of aromatic nitrogens is 2. The van der Waals surface area contributed by atoms with Gasteiger partial charge >= 0.3 is 0 Å². The van der Waals surface area contributed by atoms with Crippen LogP contribution in [0.4, 0.5) is 11.8 Å². The van der Waals surface area contributed by atoms with Gasteiger partial charge in [-0.2, -0.15) is 4.98 Å². The van der Waals surface area contributed by atoms with E-state index >= 15 is 0 Å². The Hall–Kier alpha value is -1.36. The predicted octanol–water partition coefficient (Wildman–Crippen LogP) is 2.75. The average Bonchev–Trinajstić information content (AvgIpc) is 2.82. The highest BCUT2D eigenvalue weighted by Gasteiger charge is 2.24. The predicted molar refractivity (Wildman–Crippen MR) is 91.4 cm³/mol. The second kappa shape index (κ2) is 7.27. The van der Waals surface area contributed by atoms with Crippen LogP contribution in [0.5, 0.6) is 0 Å². The van der Waals surface area contributed by atoms with Gasteiger partial charge in [0.15, 0.2) is 0 Å². The van der Waals surface area contributed by atoms with Crippen molar-refractivity contribution >= 4 is 11.8 Å². The molecule has 0 bridgehead atoms. The van der Waals surface area contributed by atoms with Crippen LogP contribution in [0.3, 0.4) is 0 Å². The standard InChI is InChI=1S/C17H29N5/c1-14(2)22-12-8-15(13-22)19-17-18-9-7-16(20-17)21-10-5-3-4-6-11-21/h7,9,14-15H,3-6,8,10-13H2,1-2H3,(H,18,19,20). The van der Waals surface area contributed by atoms with Crippen LogP contribution in [0, 0.1) is 0 Å². The summed E-state index contributed by atoms with van der Waals surface area (Å²) in [6.45, 7) is 9.04. The second-order valence-electron chi connectivity index (χ2n) is 6.86. The van der Waals surface area contributed by atoms with Gasteiger partial charge in [-0.15, -0.1) is 0 Å². The molecule has 5 heteroatoms. The molecule has 0 saturated carbocycles. The van der Waals surface area contributed by atoms with Crippen molar-refractivity contribution in [3.8, 4) is 0 Å². The molecule has 5 nitrogen and oxygen atoms in total. The highest BCUT2D eigenvalue weighted by atomic mass is 15.3. The lowest BCUT2D eigenvalue weighted by Gasteiger charge is -2.22. The van der Waals surface area contributed by atoms with Gasteiger partial charge in [-0.3, -0.25) is 4.90 Å². The lowest BCUT2D eigenvalue weighted by atomic mass is 10.2. The molecule has 3 heterocycles. The third kappa shape index (κ3) is 3.88. The van der Waals surface area contributed by atoms with Gasteiger partial charge in [0.25, 0.3) is 0 Å². The second-order valence-corrected chi connectivity index (χ2v) is 6.86. The van der Waals surface area contributed by atoms with E-state index in [1.165, 1.54) is 38.6 Å². The maximum absolute atomic E-state index is 4.76. The van der Waals surface area contributed by atoms with E-state index in [1.807, 2.05) is 12.3 Å². The van der Waals surface area contributed by atoms with Gasteiger partial charge in [0.05, 0.1) is 0 Å². The third-order valence-corrected chi connectivity index (χ3v) is 4.85. The summed E-state index contributed by atoms with van der Waals surface area (Å²) < 4.78 is 0. The third-order valence-electron chi connectivity index (χ3n) is 4.85. The summed E-state index contributed by atoms with van der Waals surface area (Å²) in [5.41, 5.74) is 0. The van der Waals surface area contributed by atoms with Crippen molar-refractivity contribution in [3.63, 3.8) is 0 Å². The molecule has 0 spiro atoms. The minimum Gasteiger partial charge on any atom is -0.356 e. The van der Waals surface area contributed by atoms with Crippen LogP contribution in [0.25, 0.3) is 0 Å². The number of likely N-dealkylation sites (tertiary alicyclic amines) is 1. The van der Waals surface area contributed by atoms with Crippen LogP contribution in [-0.4, -0.2) is 53.1 Å². The normalized spacial score (nSPS) is 23.8. The maximum Gasteiger partial charge on any atom is 0.224 e. The van der Waals surface area contributed by atoms with Crippen LogP contribution in [0.2, 0.25) is 0 Å². The molecule has 0 radical (unpaired) electrons. The molecule has 1 unspecified atom stereocenters. The molecule has 0 aromatic carbocycles. The zero-order chi connectivity index (χ0) is 15.4. The van der Waals surface area contributed by atoms with Gasteiger partial charge in [0.2, 0.25) is 5.95 Å². The molecule has 1 N–H and O–H groups in total. The average molecular weight is 303 g/mol. The van der Waals surface area contributed by atoms with E-state index in [2.05, 4.69) is 33.9 Å². The van der Waals surface area contributed by atoms with Crippen LogP contribution < -0.4 is 10.2 Å². The van der Waals surface area contributed by atoms with E-state index < -0.39 is 0 Å². The smallest absolute Gasteiger partial charge is 0.224 e. The first-order valence-corrected chi connectivity index (χ1v) is 8.81. The summed E-state index contributed by atoms with van der Waals surface area (Å²) in [6, 6.07) is 3.14. The lowest BCUT2D eigenvalue weighted by molar-refractivity contribution is 0.274. The summed E-state index contributed by atoms with van der Waals surface area (Å²) in [4.78, 5) is 14.1. The van der Waals surface area contributed by atoms with Crippen LogP contribution >= 0.6 is 0 Å². The van der Waals surface area contributed by atoms with E-state index in [4.69, 9.17) is 4.98 Å². The van der Waals surface area contributed by atoms with Crippen molar-refractivity contribution in [3.05, 3.63) is 12.3 Å². The Kier molecular flexibility index (Phi) is 5.13. The molecule has 1 aromatic heterocycles. The molecule has 0 amide bonds. The SMILES string of the molecule is CC(C)N1CCC(Nc2nccc(N3CCCCCC3)n2)C1. The maximum atomic E-state index is 4.76. The van der Waals surface area contributed by atoms with Crippen molar-refractivity contribution < 1.29 is 0 Å². The Labute approximate surface area is 134 Å². The Bertz CT molecular complexity index is 468. The summed E-state index contributed by atoms with van der Waals surface area (Å²) >= 11 is 0.